The predicted molar refractivity (Wildman–Crippen MR) is 132 cm³/mol. The summed E-state index contributed by atoms with van der Waals surface area (Å²) in [4.78, 5) is 23.0. The standard InChI is InChI=1S/C27H25N5O/c1-18(16-17-19-10-4-2-5-11-19)29-27(33)23-24-26(31-22-15-9-8-14-21(22)30-24)32(25(23)28)20-12-6-3-7-13-20/h2-15,18H,16-17,28H2,1H3,(H,29,33)/t18-/m1/s1. The van der Waals surface area contributed by atoms with Crippen molar-refractivity contribution in [3.8, 4) is 5.69 Å². The van der Waals surface area contributed by atoms with Gasteiger partial charge in [-0.1, -0.05) is 60.7 Å². The largest absolute Gasteiger partial charge is 0.384 e. The average Bonchev–Trinajstić information content (AvgIpc) is 3.13. The molecule has 6 nitrogen and oxygen atoms in total. The highest BCUT2D eigenvalue weighted by molar-refractivity contribution is 6.11. The number of aromatic nitrogens is 3. The smallest absolute Gasteiger partial charge is 0.257 e. The van der Waals surface area contributed by atoms with E-state index in [2.05, 4.69) is 17.4 Å². The van der Waals surface area contributed by atoms with Crippen molar-refractivity contribution in [2.24, 2.45) is 0 Å². The third-order valence-corrected chi connectivity index (χ3v) is 5.83. The maximum atomic E-state index is 13.4. The number of nitrogens with one attached hydrogen (secondary N) is 1. The molecule has 6 heteroatoms. The Morgan fingerprint density at radius 1 is 0.909 bits per heavy atom. The highest BCUT2D eigenvalue weighted by Crippen LogP contribution is 2.31. The fourth-order valence-corrected chi connectivity index (χ4v) is 4.12. The van der Waals surface area contributed by atoms with Crippen LogP contribution in [0.2, 0.25) is 0 Å². The Morgan fingerprint density at radius 2 is 1.52 bits per heavy atom. The second kappa shape index (κ2) is 8.74. The lowest BCUT2D eigenvalue weighted by atomic mass is 10.1. The molecule has 0 aliphatic carbocycles. The lowest BCUT2D eigenvalue weighted by Crippen LogP contribution is -2.33. The molecular formula is C27H25N5O. The predicted octanol–water partition coefficient (Wildman–Crippen LogP) is 4.91. The van der Waals surface area contributed by atoms with Gasteiger partial charge in [0.2, 0.25) is 0 Å². The van der Waals surface area contributed by atoms with Crippen molar-refractivity contribution in [2.75, 3.05) is 5.73 Å². The van der Waals surface area contributed by atoms with Crippen molar-refractivity contribution in [3.63, 3.8) is 0 Å². The molecule has 0 spiro atoms. The molecule has 5 aromatic rings. The number of amides is 1. The van der Waals surface area contributed by atoms with E-state index < -0.39 is 0 Å². The van der Waals surface area contributed by atoms with E-state index in [1.807, 2.05) is 79.7 Å². The maximum absolute atomic E-state index is 13.4. The third-order valence-electron chi connectivity index (χ3n) is 5.83. The van der Waals surface area contributed by atoms with Gasteiger partial charge in [-0.3, -0.25) is 9.36 Å². The lowest BCUT2D eigenvalue weighted by molar-refractivity contribution is 0.0941. The van der Waals surface area contributed by atoms with Crippen molar-refractivity contribution >= 4 is 33.9 Å². The van der Waals surface area contributed by atoms with Crippen molar-refractivity contribution in [2.45, 2.75) is 25.8 Å². The van der Waals surface area contributed by atoms with Crippen LogP contribution in [0.15, 0.2) is 84.9 Å². The van der Waals surface area contributed by atoms with E-state index in [-0.39, 0.29) is 11.9 Å². The average molecular weight is 436 g/mol. The van der Waals surface area contributed by atoms with E-state index in [0.717, 1.165) is 29.6 Å². The van der Waals surface area contributed by atoms with Crippen LogP contribution in [-0.2, 0) is 6.42 Å². The molecule has 0 bridgehead atoms. The summed E-state index contributed by atoms with van der Waals surface area (Å²) in [5, 5.41) is 3.11. The fourth-order valence-electron chi connectivity index (χ4n) is 4.12. The molecule has 0 saturated carbocycles. The topological polar surface area (TPSA) is 85.8 Å². The summed E-state index contributed by atoms with van der Waals surface area (Å²) in [6.07, 6.45) is 1.70. The zero-order valence-corrected chi connectivity index (χ0v) is 18.4. The number of para-hydroxylation sites is 3. The number of hydrogen-bond acceptors (Lipinski definition) is 4. The first-order chi connectivity index (χ1) is 16.1. The summed E-state index contributed by atoms with van der Waals surface area (Å²) in [6, 6.07) is 27.5. The minimum atomic E-state index is -0.239. The minimum absolute atomic E-state index is 0.0272. The van der Waals surface area contributed by atoms with Crippen molar-refractivity contribution in [1.82, 2.24) is 19.9 Å². The molecule has 0 radical (unpaired) electrons. The highest BCUT2D eigenvalue weighted by Gasteiger charge is 2.25. The summed E-state index contributed by atoms with van der Waals surface area (Å²) in [5.41, 5.74) is 11.6. The van der Waals surface area contributed by atoms with Gasteiger partial charge in [-0.05, 0) is 49.6 Å². The first-order valence-electron chi connectivity index (χ1n) is 11.1. The molecular weight excluding hydrogens is 410 g/mol. The number of rotatable bonds is 6. The first kappa shape index (κ1) is 20.7. The molecule has 5 rings (SSSR count). The van der Waals surface area contributed by atoms with Crippen molar-refractivity contribution in [3.05, 3.63) is 96.1 Å². The van der Waals surface area contributed by atoms with E-state index in [4.69, 9.17) is 15.7 Å². The zero-order valence-electron chi connectivity index (χ0n) is 18.4. The maximum Gasteiger partial charge on any atom is 0.257 e. The van der Waals surface area contributed by atoms with Gasteiger partial charge in [-0.15, -0.1) is 0 Å². The summed E-state index contributed by atoms with van der Waals surface area (Å²) in [5.74, 6) is 0.0941. The number of hydrogen-bond donors (Lipinski definition) is 2. The number of aryl methyl sites for hydroxylation is 1. The number of nitrogens with two attached hydrogens (primary N) is 1. The van der Waals surface area contributed by atoms with Crippen LogP contribution < -0.4 is 11.1 Å². The van der Waals surface area contributed by atoms with Crippen LogP contribution in [0.3, 0.4) is 0 Å². The number of carbonyl (C=O) groups excluding carboxylic acids is 1. The molecule has 0 aliphatic heterocycles. The Hall–Kier alpha value is -4.19. The molecule has 0 aliphatic rings. The van der Waals surface area contributed by atoms with Gasteiger partial charge in [0, 0.05) is 11.7 Å². The Kier molecular flexibility index (Phi) is 5.48. The molecule has 164 valence electrons. The first-order valence-corrected chi connectivity index (χ1v) is 11.1. The van der Waals surface area contributed by atoms with E-state index in [1.54, 1.807) is 4.57 Å². The van der Waals surface area contributed by atoms with Gasteiger partial charge in [0.1, 0.15) is 16.9 Å². The number of fused-ring (bicyclic) bond motifs is 2. The Labute approximate surface area is 192 Å². The molecule has 3 N–H and O–H groups in total. The molecule has 1 atom stereocenters. The molecule has 33 heavy (non-hydrogen) atoms. The summed E-state index contributed by atoms with van der Waals surface area (Å²) < 4.78 is 1.80. The molecule has 3 aromatic carbocycles. The number of nitrogen functional groups attached to an aromatic ring is 1. The SMILES string of the molecule is C[C@H](CCc1ccccc1)NC(=O)c1c(N)n(-c2ccccc2)c2nc3ccccc3nc12. The monoisotopic (exact) mass is 435 g/mol. The van der Waals surface area contributed by atoms with Crippen LogP contribution in [0.25, 0.3) is 27.9 Å². The van der Waals surface area contributed by atoms with Crippen molar-refractivity contribution < 1.29 is 4.79 Å². The van der Waals surface area contributed by atoms with Gasteiger partial charge in [-0.25, -0.2) is 9.97 Å². The van der Waals surface area contributed by atoms with Crippen LogP contribution in [0, 0.1) is 0 Å². The molecule has 0 unspecified atom stereocenters. The second-order valence-corrected chi connectivity index (χ2v) is 8.21. The third kappa shape index (κ3) is 4.03. The van der Waals surface area contributed by atoms with Gasteiger partial charge in [0.15, 0.2) is 5.65 Å². The van der Waals surface area contributed by atoms with Crippen LogP contribution in [0.5, 0.6) is 0 Å². The molecule has 2 aromatic heterocycles. The number of nitrogens with zero attached hydrogens (tertiary/aromatic N) is 3. The van der Waals surface area contributed by atoms with E-state index in [9.17, 15) is 4.79 Å². The fraction of sp³-hybridized carbons (Fsp3) is 0.148. The Balaban J connectivity index is 1.53. The van der Waals surface area contributed by atoms with Crippen LogP contribution >= 0.6 is 0 Å². The van der Waals surface area contributed by atoms with Crippen molar-refractivity contribution in [1.29, 1.82) is 0 Å². The Morgan fingerprint density at radius 3 is 2.21 bits per heavy atom. The quantitative estimate of drug-likeness (QED) is 0.397. The van der Waals surface area contributed by atoms with Crippen LogP contribution in [0.4, 0.5) is 5.82 Å². The highest BCUT2D eigenvalue weighted by atomic mass is 16.1. The van der Waals surface area contributed by atoms with Gasteiger partial charge in [0.05, 0.1) is 11.0 Å². The van der Waals surface area contributed by atoms with E-state index in [0.29, 0.717) is 22.5 Å². The van der Waals surface area contributed by atoms with Crippen LogP contribution in [0.1, 0.15) is 29.3 Å². The summed E-state index contributed by atoms with van der Waals surface area (Å²) in [7, 11) is 0. The number of benzene rings is 3. The lowest BCUT2D eigenvalue weighted by Gasteiger charge is -2.14. The van der Waals surface area contributed by atoms with E-state index in [1.165, 1.54) is 5.56 Å². The minimum Gasteiger partial charge on any atom is -0.384 e. The number of anilines is 1. The molecule has 1 amide bonds. The van der Waals surface area contributed by atoms with Gasteiger partial charge in [0.25, 0.3) is 5.91 Å². The number of carbonyl (C=O) groups is 1. The molecule has 0 fully saturated rings. The zero-order chi connectivity index (χ0) is 22.8. The second-order valence-electron chi connectivity index (χ2n) is 8.21. The summed E-state index contributed by atoms with van der Waals surface area (Å²) >= 11 is 0. The molecule has 0 saturated heterocycles. The summed E-state index contributed by atoms with van der Waals surface area (Å²) in [6.45, 7) is 2.01. The normalized spacial score (nSPS) is 12.2. The van der Waals surface area contributed by atoms with Gasteiger partial charge >= 0.3 is 0 Å². The van der Waals surface area contributed by atoms with E-state index >= 15 is 0 Å². The van der Waals surface area contributed by atoms with Gasteiger partial charge < -0.3 is 11.1 Å². The van der Waals surface area contributed by atoms with Crippen LogP contribution in [-0.4, -0.2) is 26.5 Å². The Bertz CT molecular complexity index is 1430. The van der Waals surface area contributed by atoms with Gasteiger partial charge in [-0.2, -0.15) is 0 Å². The molecule has 2 heterocycles.